The molecule has 9 heteroatoms. The van der Waals surface area contributed by atoms with E-state index < -0.39 is 0 Å². The number of benzene rings is 2. The van der Waals surface area contributed by atoms with E-state index in [0.29, 0.717) is 39.6 Å². The van der Waals surface area contributed by atoms with Crippen LogP contribution in [-0.4, -0.2) is 27.4 Å². The smallest absolute Gasteiger partial charge is 0.274 e. The maximum absolute atomic E-state index is 12.5. The van der Waals surface area contributed by atoms with Crippen molar-refractivity contribution < 1.29 is 18.8 Å². The van der Waals surface area contributed by atoms with Crippen molar-refractivity contribution >= 4 is 23.2 Å². The average molecular weight is 423 g/mol. The van der Waals surface area contributed by atoms with Crippen molar-refractivity contribution in [2.24, 2.45) is 0 Å². The van der Waals surface area contributed by atoms with E-state index in [1.54, 1.807) is 41.1 Å². The normalized spacial score (nSPS) is 12.2. The van der Waals surface area contributed by atoms with Crippen LogP contribution in [0.3, 0.4) is 0 Å². The number of anilines is 1. The fourth-order valence-electron chi connectivity index (χ4n) is 3.15. The molecule has 4 aromatic rings. The lowest BCUT2D eigenvalue weighted by Crippen LogP contribution is -2.18. The number of hydrogen-bond acceptors (Lipinski definition) is 6. The van der Waals surface area contributed by atoms with E-state index in [1.807, 2.05) is 24.3 Å². The third-order valence-corrected chi connectivity index (χ3v) is 4.76. The first-order valence-electron chi connectivity index (χ1n) is 9.10. The van der Waals surface area contributed by atoms with Crippen molar-refractivity contribution in [2.45, 2.75) is 6.54 Å². The summed E-state index contributed by atoms with van der Waals surface area (Å²) in [5, 5.41) is 7.46. The van der Waals surface area contributed by atoms with Crippen molar-refractivity contribution in [1.29, 1.82) is 0 Å². The minimum atomic E-state index is -0.208. The van der Waals surface area contributed by atoms with Gasteiger partial charge in [0.05, 0.1) is 0 Å². The first-order chi connectivity index (χ1) is 14.7. The summed E-state index contributed by atoms with van der Waals surface area (Å²) in [6, 6.07) is 16.1. The minimum absolute atomic E-state index is 0.0751. The summed E-state index contributed by atoms with van der Waals surface area (Å²) in [6.45, 7) is 0.256. The molecule has 0 radical (unpaired) electrons. The quantitative estimate of drug-likeness (QED) is 0.517. The second-order valence-corrected chi connectivity index (χ2v) is 7.01. The Morgan fingerprint density at radius 1 is 1.10 bits per heavy atom. The number of hydrogen-bond donors (Lipinski definition) is 1. The van der Waals surface area contributed by atoms with Crippen LogP contribution >= 0.6 is 11.6 Å². The van der Waals surface area contributed by atoms with Crippen LogP contribution < -0.4 is 14.8 Å². The molecule has 8 nitrogen and oxygen atoms in total. The van der Waals surface area contributed by atoms with Crippen LogP contribution in [0.25, 0.3) is 23.0 Å². The van der Waals surface area contributed by atoms with Crippen molar-refractivity contribution in [3.8, 4) is 34.5 Å². The van der Waals surface area contributed by atoms with Gasteiger partial charge in [-0.15, -0.1) is 0 Å². The van der Waals surface area contributed by atoms with Crippen molar-refractivity contribution in [3.05, 3.63) is 65.8 Å². The topological polar surface area (TPSA) is 91.4 Å². The third-order valence-electron chi connectivity index (χ3n) is 4.53. The highest BCUT2D eigenvalue weighted by atomic mass is 35.5. The summed E-state index contributed by atoms with van der Waals surface area (Å²) < 4.78 is 17.8. The van der Waals surface area contributed by atoms with Gasteiger partial charge < -0.3 is 23.9 Å². The van der Waals surface area contributed by atoms with E-state index in [0.717, 1.165) is 5.56 Å². The monoisotopic (exact) mass is 422 g/mol. The molecule has 2 aromatic heterocycles. The molecule has 1 amide bonds. The van der Waals surface area contributed by atoms with Gasteiger partial charge >= 0.3 is 0 Å². The van der Waals surface area contributed by atoms with Gasteiger partial charge in [0, 0.05) is 28.5 Å². The highest BCUT2D eigenvalue weighted by molar-refractivity contribution is 6.30. The van der Waals surface area contributed by atoms with Crippen LogP contribution in [0.15, 0.2) is 65.3 Å². The second-order valence-electron chi connectivity index (χ2n) is 6.57. The van der Waals surface area contributed by atoms with Gasteiger partial charge in [0.2, 0.25) is 18.5 Å². The number of carbonyl (C=O) groups excluding carboxylic acids is 1. The summed E-state index contributed by atoms with van der Waals surface area (Å²) in [7, 11) is 0. The van der Waals surface area contributed by atoms with Crippen LogP contribution in [0, 0.1) is 0 Å². The Balaban J connectivity index is 1.32. The molecule has 0 bridgehead atoms. The van der Waals surface area contributed by atoms with E-state index in [4.69, 9.17) is 25.6 Å². The predicted octanol–water partition coefficient (Wildman–Crippen LogP) is 4.23. The van der Waals surface area contributed by atoms with Gasteiger partial charge in [-0.05, 0) is 36.4 Å². The van der Waals surface area contributed by atoms with Crippen LogP contribution in [0.5, 0.6) is 11.5 Å². The molecule has 0 atom stereocenters. The Morgan fingerprint density at radius 2 is 2.00 bits per heavy atom. The zero-order valence-electron chi connectivity index (χ0n) is 15.5. The molecule has 0 saturated carbocycles. The lowest BCUT2D eigenvalue weighted by atomic mass is 10.2. The Morgan fingerprint density at radius 3 is 2.90 bits per heavy atom. The van der Waals surface area contributed by atoms with Gasteiger partial charge in [-0.25, -0.2) is 0 Å². The number of aromatic nitrogens is 3. The SMILES string of the molecule is O=C(Cn1cccc1-c1nc(-c2cccc(Cl)c2)no1)Nc1ccc2c(c1)OCO2. The molecule has 0 unspecified atom stereocenters. The number of nitrogens with zero attached hydrogens (tertiary/aromatic N) is 3. The molecule has 30 heavy (non-hydrogen) atoms. The number of fused-ring (bicyclic) bond motifs is 1. The highest BCUT2D eigenvalue weighted by Gasteiger charge is 2.17. The Bertz CT molecular complexity index is 1230. The highest BCUT2D eigenvalue weighted by Crippen LogP contribution is 2.34. The number of ether oxygens (including phenoxy) is 2. The van der Waals surface area contributed by atoms with E-state index in [9.17, 15) is 4.79 Å². The van der Waals surface area contributed by atoms with Crippen LogP contribution in [-0.2, 0) is 11.3 Å². The molecular weight excluding hydrogens is 408 g/mol. The van der Waals surface area contributed by atoms with E-state index in [-0.39, 0.29) is 19.2 Å². The molecule has 0 fully saturated rings. The summed E-state index contributed by atoms with van der Waals surface area (Å²) in [5.41, 5.74) is 2.01. The second kappa shape index (κ2) is 7.57. The number of nitrogens with one attached hydrogen (secondary N) is 1. The number of rotatable bonds is 5. The summed E-state index contributed by atoms with van der Waals surface area (Å²) in [4.78, 5) is 17.0. The molecule has 1 aliphatic heterocycles. The average Bonchev–Trinajstić information content (AvgIpc) is 3.48. The van der Waals surface area contributed by atoms with E-state index >= 15 is 0 Å². The molecule has 150 valence electrons. The maximum atomic E-state index is 12.5. The molecule has 1 aliphatic rings. The van der Waals surface area contributed by atoms with Crippen LogP contribution in [0.1, 0.15) is 0 Å². The fraction of sp³-hybridized carbons (Fsp3) is 0.0952. The largest absolute Gasteiger partial charge is 0.454 e. The number of carbonyl (C=O) groups is 1. The molecule has 2 aromatic carbocycles. The zero-order chi connectivity index (χ0) is 20.5. The predicted molar refractivity (Wildman–Crippen MR) is 109 cm³/mol. The van der Waals surface area contributed by atoms with Crippen LogP contribution in [0.2, 0.25) is 5.02 Å². The molecule has 0 spiro atoms. The van der Waals surface area contributed by atoms with Crippen molar-refractivity contribution in [3.63, 3.8) is 0 Å². The lowest BCUT2D eigenvalue weighted by Gasteiger charge is -2.08. The zero-order valence-corrected chi connectivity index (χ0v) is 16.3. The molecule has 0 aliphatic carbocycles. The first kappa shape index (κ1) is 18.3. The first-order valence-corrected chi connectivity index (χ1v) is 9.48. The summed E-state index contributed by atoms with van der Waals surface area (Å²) >= 11 is 6.03. The van der Waals surface area contributed by atoms with Crippen LogP contribution in [0.4, 0.5) is 5.69 Å². The Hall–Kier alpha value is -3.78. The standard InChI is InChI=1S/C21H15ClN4O4/c22-14-4-1-3-13(9-14)20-24-21(30-25-20)16-5-2-8-26(16)11-19(27)23-15-6-7-17-18(10-15)29-12-28-17/h1-10H,11-12H2,(H,23,27). The Labute approximate surface area is 176 Å². The van der Waals surface area contributed by atoms with Gasteiger partial charge in [-0.2, -0.15) is 4.98 Å². The third kappa shape index (κ3) is 3.60. The van der Waals surface area contributed by atoms with Gasteiger partial charge in [0.25, 0.3) is 5.89 Å². The molecule has 1 N–H and O–H groups in total. The Kier molecular flexibility index (Phi) is 4.61. The van der Waals surface area contributed by atoms with Gasteiger partial charge in [0.15, 0.2) is 11.5 Å². The maximum Gasteiger partial charge on any atom is 0.274 e. The molecule has 0 saturated heterocycles. The van der Waals surface area contributed by atoms with Gasteiger partial charge in [0.1, 0.15) is 12.2 Å². The number of halogens is 1. The van der Waals surface area contributed by atoms with Gasteiger partial charge in [-0.3, -0.25) is 4.79 Å². The summed E-state index contributed by atoms with van der Waals surface area (Å²) in [6.07, 6.45) is 1.78. The molecule has 3 heterocycles. The summed E-state index contributed by atoms with van der Waals surface area (Å²) in [5.74, 6) is 1.79. The van der Waals surface area contributed by atoms with Gasteiger partial charge in [-0.1, -0.05) is 28.9 Å². The van der Waals surface area contributed by atoms with Crippen molar-refractivity contribution in [1.82, 2.24) is 14.7 Å². The van der Waals surface area contributed by atoms with Crippen molar-refractivity contribution in [2.75, 3.05) is 12.1 Å². The number of amides is 1. The lowest BCUT2D eigenvalue weighted by molar-refractivity contribution is -0.116. The van der Waals surface area contributed by atoms with E-state index in [2.05, 4.69) is 15.5 Å². The fourth-order valence-corrected chi connectivity index (χ4v) is 3.34. The van der Waals surface area contributed by atoms with E-state index in [1.165, 1.54) is 0 Å². The molecular formula is C21H15ClN4O4. The molecule has 5 rings (SSSR count). The minimum Gasteiger partial charge on any atom is -0.454 e.